The molecule has 1 aliphatic heterocycles. The quantitative estimate of drug-likeness (QED) is 0.491. The fourth-order valence-corrected chi connectivity index (χ4v) is 5.12. The Balaban J connectivity index is 1.61. The van der Waals surface area contributed by atoms with Gasteiger partial charge in [-0.15, -0.1) is 0 Å². The third kappa shape index (κ3) is 5.67. The summed E-state index contributed by atoms with van der Waals surface area (Å²) in [6, 6.07) is 6.55. The van der Waals surface area contributed by atoms with Crippen molar-refractivity contribution in [2.24, 2.45) is 5.73 Å². The number of nitrogens with two attached hydrogens (primary N) is 1. The van der Waals surface area contributed by atoms with E-state index < -0.39 is 5.91 Å². The minimum Gasteiger partial charge on any atom is -0.393 e. The van der Waals surface area contributed by atoms with E-state index in [0.29, 0.717) is 24.0 Å². The lowest BCUT2D eigenvalue weighted by molar-refractivity contribution is 0.0996. The predicted molar refractivity (Wildman–Crippen MR) is 136 cm³/mol. The van der Waals surface area contributed by atoms with Gasteiger partial charge in [-0.2, -0.15) is 0 Å². The minimum atomic E-state index is -0.598. The van der Waals surface area contributed by atoms with Crippen LogP contribution < -0.4 is 16.4 Å². The van der Waals surface area contributed by atoms with Gasteiger partial charge in [-0.25, -0.2) is 9.97 Å². The molecule has 5 N–H and O–H groups in total. The number of benzene rings is 1. The number of aryl methyl sites for hydroxylation is 2. The number of hydrogen-bond donors (Lipinski definition) is 4. The molecule has 4 rings (SSSR count). The molecular weight excluding hydrogens is 428 g/mol. The zero-order chi connectivity index (χ0) is 24.2. The van der Waals surface area contributed by atoms with Crippen LogP contribution in [-0.2, 0) is 6.42 Å². The van der Waals surface area contributed by atoms with Gasteiger partial charge in [-0.05, 0) is 101 Å². The van der Waals surface area contributed by atoms with Crippen LogP contribution in [0.2, 0.25) is 0 Å². The third-order valence-electron chi connectivity index (χ3n) is 7.27. The van der Waals surface area contributed by atoms with Crippen LogP contribution in [0.25, 0.3) is 0 Å². The summed E-state index contributed by atoms with van der Waals surface area (Å²) in [6.45, 7) is 6.35. The summed E-state index contributed by atoms with van der Waals surface area (Å²) in [5.41, 5.74) is 10.1. The van der Waals surface area contributed by atoms with E-state index in [-0.39, 0.29) is 17.8 Å². The Morgan fingerprint density at radius 3 is 2.47 bits per heavy atom. The number of aromatic nitrogens is 2. The van der Waals surface area contributed by atoms with Gasteiger partial charge < -0.3 is 26.4 Å². The first-order chi connectivity index (χ1) is 16.3. The monoisotopic (exact) mass is 466 g/mol. The zero-order valence-corrected chi connectivity index (χ0v) is 20.6. The number of amides is 1. The number of rotatable bonds is 7. The summed E-state index contributed by atoms with van der Waals surface area (Å²) in [4.78, 5) is 24.0. The van der Waals surface area contributed by atoms with Gasteiger partial charge in [0.05, 0.1) is 11.8 Å². The highest BCUT2D eigenvalue weighted by molar-refractivity contribution is 5.96. The highest BCUT2D eigenvalue weighted by atomic mass is 16.3. The first-order valence-corrected chi connectivity index (χ1v) is 12.6. The molecule has 1 amide bonds. The number of carbonyl (C=O) groups excluding carboxylic acids is 1. The SMILES string of the molecule is CCc1nc(C(N)=O)c(Nc2ccc(C)c(C3CCN(C)CC3)c2)nc1NC1CCC(O)CC1. The molecule has 2 fully saturated rings. The fourth-order valence-electron chi connectivity index (χ4n) is 5.12. The summed E-state index contributed by atoms with van der Waals surface area (Å²) in [6.07, 6.45) is 6.01. The zero-order valence-electron chi connectivity index (χ0n) is 20.6. The number of aliphatic hydroxyl groups excluding tert-OH is 1. The second-order valence-electron chi connectivity index (χ2n) is 9.86. The van der Waals surface area contributed by atoms with Crippen molar-refractivity contribution in [1.82, 2.24) is 14.9 Å². The van der Waals surface area contributed by atoms with Crippen molar-refractivity contribution in [2.75, 3.05) is 30.8 Å². The van der Waals surface area contributed by atoms with E-state index in [1.807, 2.05) is 13.0 Å². The smallest absolute Gasteiger partial charge is 0.271 e. The Morgan fingerprint density at radius 1 is 1.12 bits per heavy atom. The molecule has 1 saturated carbocycles. The van der Waals surface area contributed by atoms with E-state index in [0.717, 1.165) is 63.0 Å². The third-order valence-corrected chi connectivity index (χ3v) is 7.27. The number of hydrogen-bond acceptors (Lipinski definition) is 7. The molecule has 2 heterocycles. The molecule has 34 heavy (non-hydrogen) atoms. The number of primary amides is 1. The van der Waals surface area contributed by atoms with Crippen LogP contribution in [0.4, 0.5) is 17.3 Å². The topological polar surface area (TPSA) is 116 Å². The van der Waals surface area contributed by atoms with E-state index >= 15 is 0 Å². The van der Waals surface area contributed by atoms with E-state index in [1.165, 1.54) is 11.1 Å². The first-order valence-electron chi connectivity index (χ1n) is 12.6. The molecule has 8 nitrogen and oxygen atoms in total. The fraction of sp³-hybridized carbons (Fsp3) is 0.577. The maximum absolute atomic E-state index is 12.2. The summed E-state index contributed by atoms with van der Waals surface area (Å²) < 4.78 is 0. The normalized spacial score (nSPS) is 21.9. The Hall–Kier alpha value is -2.71. The van der Waals surface area contributed by atoms with Crippen molar-refractivity contribution in [3.8, 4) is 0 Å². The molecule has 8 heteroatoms. The van der Waals surface area contributed by atoms with Crippen molar-refractivity contribution < 1.29 is 9.90 Å². The molecular formula is C26H38N6O2. The minimum absolute atomic E-state index is 0.155. The average Bonchev–Trinajstić information content (AvgIpc) is 2.82. The lowest BCUT2D eigenvalue weighted by Gasteiger charge is -2.30. The van der Waals surface area contributed by atoms with E-state index in [4.69, 9.17) is 10.7 Å². The van der Waals surface area contributed by atoms with Crippen LogP contribution in [0.5, 0.6) is 0 Å². The lowest BCUT2D eigenvalue weighted by atomic mass is 9.86. The van der Waals surface area contributed by atoms with E-state index in [2.05, 4.69) is 46.6 Å². The number of likely N-dealkylation sites (tertiary alicyclic amines) is 1. The van der Waals surface area contributed by atoms with Crippen molar-refractivity contribution in [1.29, 1.82) is 0 Å². The summed E-state index contributed by atoms with van der Waals surface area (Å²) >= 11 is 0. The van der Waals surface area contributed by atoms with Crippen LogP contribution in [0, 0.1) is 6.92 Å². The molecule has 184 valence electrons. The Morgan fingerprint density at radius 2 is 1.82 bits per heavy atom. The summed E-state index contributed by atoms with van der Waals surface area (Å²) in [7, 11) is 2.17. The van der Waals surface area contributed by atoms with Gasteiger partial charge in [-0.1, -0.05) is 13.0 Å². The Labute approximate surface area is 202 Å². The Bertz CT molecular complexity index is 1010. The maximum Gasteiger partial charge on any atom is 0.271 e. The van der Waals surface area contributed by atoms with Crippen molar-refractivity contribution in [3.05, 3.63) is 40.7 Å². The standard InChI is InChI=1S/C26H38N6O2/c1-4-22-25(28-18-7-9-20(33)10-8-18)31-26(23(30-22)24(27)34)29-19-6-5-16(2)21(15-19)17-11-13-32(3)14-12-17/h5-6,15,17-18,20,33H,4,7-14H2,1-3H3,(H2,27,34)(H2,28,29,31). The molecule has 0 bridgehead atoms. The lowest BCUT2D eigenvalue weighted by Crippen LogP contribution is -2.29. The maximum atomic E-state index is 12.2. The average molecular weight is 467 g/mol. The molecule has 0 atom stereocenters. The number of nitrogens with one attached hydrogen (secondary N) is 2. The molecule has 2 aromatic rings. The van der Waals surface area contributed by atoms with E-state index in [9.17, 15) is 9.90 Å². The van der Waals surface area contributed by atoms with Crippen LogP contribution in [0.1, 0.15) is 78.7 Å². The van der Waals surface area contributed by atoms with Gasteiger partial charge in [0.15, 0.2) is 11.5 Å². The van der Waals surface area contributed by atoms with Crippen molar-refractivity contribution >= 4 is 23.2 Å². The van der Waals surface area contributed by atoms with Crippen LogP contribution in [0.3, 0.4) is 0 Å². The number of piperidine rings is 1. The summed E-state index contributed by atoms with van der Waals surface area (Å²) in [5.74, 6) is 0.987. The van der Waals surface area contributed by atoms with Gasteiger partial charge in [0, 0.05) is 11.7 Å². The van der Waals surface area contributed by atoms with Gasteiger partial charge in [0.2, 0.25) is 0 Å². The van der Waals surface area contributed by atoms with Crippen molar-refractivity contribution in [2.45, 2.75) is 76.9 Å². The number of anilines is 3. The van der Waals surface area contributed by atoms with Gasteiger partial charge in [-0.3, -0.25) is 4.79 Å². The molecule has 0 spiro atoms. The van der Waals surface area contributed by atoms with Crippen molar-refractivity contribution in [3.63, 3.8) is 0 Å². The predicted octanol–water partition coefficient (Wildman–Crippen LogP) is 3.71. The molecule has 0 radical (unpaired) electrons. The van der Waals surface area contributed by atoms with Crippen LogP contribution >= 0.6 is 0 Å². The highest BCUT2D eigenvalue weighted by Gasteiger charge is 2.24. The molecule has 1 aromatic heterocycles. The van der Waals surface area contributed by atoms with Gasteiger partial charge in [0.25, 0.3) is 5.91 Å². The number of aliphatic hydroxyl groups is 1. The number of carbonyl (C=O) groups is 1. The summed E-state index contributed by atoms with van der Waals surface area (Å²) in [5, 5.41) is 16.7. The highest BCUT2D eigenvalue weighted by Crippen LogP contribution is 2.33. The Kier molecular flexibility index (Phi) is 7.68. The molecule has 2 aliphatic rings. The van der Waals surface area contributed by atoms with E-state index in [1.54, 1.807) is 0 Å². The second kappa shape index (κ2) is 10.7. The second-order valence-corrected chi connectivity index (χ2v) is 9.86. The van der Waals surface area contributed by atoms with Gasteiger partial charge >= 0.3 is 0 Å². The molecule has 0 unspecified atom stereocenters. The van der Waals surface area contributed by atoms with Crippen LogP contribution in [0.15, 0.2) is 18.2 Å². The largest absolute Gasteiger partial charge is 0.393 e. The number of nitrogens with zero attached hydrogens (tertiary/aromatic N) is 3. The molecule has 1 saturated heterocycles. The molecule has 1 aromatic carbocycles. The van der Waals surface area contributed by atoms with Crippen LogP contribution in [-0.4, -0.2) is 58.2 Å². The molecule has 1 aliphatic carbocycles. The first kappa shape index (κ1) is 24.4. The van der Waals surface area contributed by atoms with Gasteiger partial charge in [0.1, 0.15) is 5.82 Å².